The lowest BCUT2D eigenvalue weighted by Crippen LogP contribution is -2.38. The van der Waals surface area contributed by atoms with Crippen molar-refractivity contribution >= 4 is 5.91 Å². The lowest BCUT2D eigenvalue weighted by molar-refractivity contribution is -0.607. The molecule has 0 saturated heterocycles. The van der Waals surface area contributed by atoms with Crippen LogP contribution in [0.1, 0.15) is 33.6 Å². The van der Waals surface area contributed by atoms with Crippen LogP contribution in [0.15, 0.2) is 42.6 Å². The summed E-state index contributed by atoms with van der Waals surface area (Å²) in [6, 6.07) is 11.1. The third-order valence-corrected chi connectivity index (χ3v) is 3.67. The van der Waals surface area contributed by atoms with E-state index in [0.717, 1.165) is 18.4 Å². The van der Waals surface area contributed by atoms with E-state index in [1.54, 1.807) is 12.1 Å². The summed E-state index contributed by atoms with van der Waals surface area (Å²) >= 11 is 0. The van der Waals surface area contributed by atoms with Crippen LogP contribution in [0.25, 0.3) is 0 Å². The molecule has 1 aliphatic carbocycles. The van der Waals surface area contributed by atoms with Gasteiger partial charge < -0.3 is 10.5 Å². The highest BCUT2D eigenvalue weighted by molar-refractivity contribution is 5.90. The second kappa shape index (κ2) is 5.33. The number of carbonyl (C=O) groups excluding carboxylic acids is 1. The molecule has 0 aliphatic heterocycles. The maximum atomic E-state index is 11.9. The van der Waals surface area contributed by atoms with E-state index in [9.17, 15) is 10.0 Å². The highest BCUT2D eigenvalue weighted by Gasteiger charge is 2.15. The minimum atomic E-state index is -0.346. The zero-order valence-corrected chi connectivity index (χ0v) is 11.1. The molecule has 1 aliphatic rings. The Bertz CT molecular complexity index is 653. The Labute approximate surface area is 117 Å². The molecule has 0 spiro atoms. The van der Waals surface area contributed by atoms with Gasteiger partial charge in [-0.1, -0.05) is 18.2 Å². The lowest BCUT2D eigenvalue weighted by Gasteiger charge is -2.07. The van der Waals surface area contributed by atoms with Crippen LogP contribution in [0.3, 0.4) is 0 Å². The number of hydrogen-bond acceptors (Lipinski definition) is 2. The largest absolute Gasteiger partial charge is 0.618 e. The number of hydrogen-bond donors (Lipinski definition) is 1. The smallest absolute Gasteiger partial charge is 0.317 e. The molecule has 0 radical (unpaired) electrons. The maximum Gasteiger partial charge on any atom is 0.317 e. The fourth-order valence-electron chi connectivity index (χ4n) is 2.61. The number of rotatable bonds is 3. The van der Waals surface area contributed by atoms with Crippen molar-refractivity contribution in [1.82, 2.24) is 5.32 Å². The molecule has 1 N–H and O–H groups in total. The number of aryl methyl sites for hydroxylation is 2. The molecule has 2 aromatic rings. The van der Waals surface area contributed by atoms with Gasteiger partial charge in [0.1, 0.15) is 0 Å². The standard InChI is InChI=1S/C16H16N2O2/c19-16(15-6-1-2-9-18(15)20)17-11-12-7-8-13-4-3-5-14(13)10-12/h1-2,6-10H,3-5,11H2,(H,17,19). The van der Waals surface area contributed by atoms with E-state index >= 15 is 0 Å². The van der Waals surface area contributed by atoms with E-state index in [4.69, 9.17) is 0 Å². The Morgan fingerprint density at radius 1 is 1.20 bits per heavy atom. The minimum Gasteiger partial charge on any atom is -0.618 e. The number of carbonyl (C=O) groups is 1. The number of pyridine rings is 1. The summed E-state index contributed by atoms with van der Waals surface area (Å²) in [6.45, 7) is 0.445. The molecule has 20 heavy (non-hydrogen) atoms. The van der Waals surface area contributed by atoms with Gasteiger partial charge in [0.05, 0.1) is 0 Å². The molecule has 102 valence electrons. The van der Waals surface area contributed by atoms with Crippen LogP contribution in [-0.4, -0.2) is 5.91 Å². The van der Waals surface area contributed by atoms with Gasteiger partial charge >= 0.3 is 5.91 Å². The Balaban J connectivity index is 1.68. The van der Waals surface area contributed by atoms with Gasteiger partial charge in [-0.2, -0.15) is 4.73 Å². The minimum absolute atomic E-state index is 0.119. The Kier molecular flexibility index (Phi) is 3.37. The molecule has 1 aromatic heterocycles. The summed E-state index contributed by atoms with van der Waals surface area (Å²) in [7, 11) is 0. The second-order valence-electron chi connectivity index (χ2n) is 5.05. The monoisotopic (exact) mass is 268 g/mol. The normalized spacial score (nSPS) is 13.0. The zero-order chi connectivity index (χ0) is 13.9. The number of nitrogens with zero attached hydrogens (tertiary/aromatic N) is 1. The molecule has 0 saturated carbocycles. The van der Waals surface area contributed by atoms with Crippen LogP contribution >= 0.6 is 0 Å². The summed E-state index contributed by atoms with van der Waals surface area (Å²) < 4.78 is 0.581. The maximum absolute atomic E-state index is 11.9. The Morgan fingerprint density at radius 2 is 2.05 bits per heavy atom. The molecular weight excluding hydrogens is 252 g/mol. The van der Waals surface area contributed by atoms with Crippen molar-refractivity contribution in [2.24, 2.45) is 0 Å². The third kappa shape index (κ3) is 2.50. The van der Waals surface area contributed by atoms with Crippen LogP contribution in [0.5, 0.6) is 0 Å². The van der Waals surface area contributed by atoms with E-state index in [2.05, 4.69) is 17.4 Å². The lowest BCUT2D eigenvalue weighted by atomic mass is 10.1. The molecule has 0 unspecified atom stereocenters. The van der Waals surface area contributed by atoms with Gasteiger partial charge in [0.25, 0.3) is 5.69 Å². The van der Waals surface area contributed by atoms with E-state index in [1.807, 2.05) is 6.07 Å². The molecule has 0 bridgehead atoms. The number of nitrogens with one attached hydrogen (secondary N) is 1. The first kappa shape index (κ1) is 12.7. The molecule has 1 amide bonds. The zero-order valence-electron chi connectivity index (χ0n) is 11.1. The van der Waals surface area contributed by atoms with Crippen molar-refractivity contribution in [3.63, 3.8) is 0 Å². The molecule has 1 heterocycles. The summed E-state index contributed by atoms with van der Waals surface area (Å²) in [4.78, 5) is 11.9. The van der Waals surface area contributed by atoms with Crippen LogP contribution in [-0.2, 0) is 19.4 Å². The van der Waals surface area contributed by atoms with Crippen LogP contribution in [0.4, 0.5) is 0 Å². The van der Waals surface area contributed by atoms with Crippen molar-refractivity contribution in [2.45, 2.75) is 25.8 Å². The predicted molar refractivity (Wildman–Crippen MR) is 75.0 cm³/mol. The molecule has 3 rings (SSSR count). The van der Waals surface area contributed by atoms with Gasteiger partial charge in [-0.05, 0) is 42.0 Å². The van der Waals surface area contributed by atoms with Crippen molar-refractivity contribution in [3.8, 4) is 0 Å². The fraction of sp³-hybridized carbons (Fsp3) is 0.250. The first-order valence-electron chi connectivity index (χ1n) is 6.81. The Hall–Kier alpha value is -2.36. The molecule has 1 aromatic carbocycles. The molecule has 4 nitrogen and oxygen atoms in total. The highest BCUT2D eigenvalue weighted by atomic mass is 16.5. The van der Waals surface area contributed by atoms with Gasteiger partial charge in [0, 0.05) is 18.7 Å². The van der Waals surface area contributed by atoms with E-state index in [-0.39, 0.29) is 11.6 Å². The molecular formula is C16H16N2O2. The first-order valence-corrected chi connectivity index (χ1v) is 6.81. The highest BCUT2D eigenvalue weighted by Crippen LogP contribution is 2.22. The topological polar surface area (TPSA) is 56.0 Å². The van der Waals surface area contributed by atoms with Gasteiger partial charge in [-0.25, -0.2) is 0 Å². The summed E-state index contributed by atoms with van der Waals surface area (Å²) in [5.74, 6) is -0.346. The van der Waals surface area contributed by atoms with Crippen LogP contribution in [0.2, 0.25) is 0 Å². The number of amides is 1. The van der Waals surface area contributed by atoms with E-state index in [0.29, 0.717) is 11.3 Å². The van der Waals surface area contributed by atoms with Crippen LogP contribution in [0, 0.1) is 5.21 Å². The predicted octanol–water partition coefficient (Wildman–Crippen LogP) is 1.74. The summed E-state index contributed by atoms with van der Waals surface area (Å²) in [5, 5.41) is 14.3. The van der Waals surface area contributed by atoms with E-state index in [1.165, 1.54) is 29.8 Å². The van der Waals surface area contributed by atoms with Gasteiger partial charge in [-0.15, -0.1) is 0 Å². The van der Waals surface area contributed by atoms with Gasteiger partial charge in [-0.3, -0.25) is 4.79 Å². The Morgan fingerprint density at radius 3 is 2.90 bits per heavy atom. The van der Waals surface area contributed by atoms with Crippen molar-refractivity contribution in [2.75, 3.05) is 0 Å². The average molecular weight is 268 g/mol. The quantitative estimate of drug-likeness (QED) is 0.681. The van der Waals surface area contributed by atoms with Gasteiger partial charge in [0.2, 0.25) is 0 Å². The number of aromatic nitrogens is 1. The fourth-order valence-corrected chi connectivity index (χ4v) is 2.61. The summed E-state index contributed by atoms with van der Waals surface area (Å²) in [5.41, 5.74) is 4.00. The SMILES string of the molecule is O=C(NCc1ccc2c(c1)CCC2)c1cccc[n+]1[O-]. The van der Waals surface area contributed by atoms with E-state index < -0.39 is 0 Å². The second-order valence-corrected chi connectivity index (χ2v) is 5.05. The molecule has 0 fully saturated rings. The summed E-state index contributed by atoms with van der Waals surface area (Å²) in [6.07, 6.45) is 4.81. The van der Waals surface area contributed by atoms with Crippen molar-refractivity contribution in [3.05, 3.63) is 70.2 Å². The van der Waals surface area contributed by atoms with Crippen molar-refractivity contribution < 1.29 is 9.52 Å². The third-order valence-electron chi connectivity index (χ3n) is 3.67. The first-order chi connectivity index (χ1) is 9.74. The molecule has 4 heteroatoms. The van der Waals surface area contributed by atoms with Crippen LogP contribution < -0.4 is 10.0 Å². The molecule has 0 atom stereocenters. The number of benzene rings is 1. The van der Waals surface area contributed by atoms with Crippen molar-refractivity contribution in [1.29, 1.82) is 0 Å². The number of fused-ring (bicyclic) bond motifs is 1. The average Bonchev–Trinajstić information content (AvgIpc) is 2.92. The van der Waals surface area contributed by atoms with Gasteiger partial charge in [0.15, 0.2) is 6.20 Å².